The van der Waals surface area contributed by atoms with Gasteiger partial charge in [0.15, 0.2) is 0 Å². The standard InChI is InChI=1S/C16H19ClN2OS/c1-15(2)14(16(15,3)4)19-13(20)12-11(18)9-7-8(17)5-6-10(9)21-12/h5-7,14H,18H2,1-4H3,(H,19,20). The Morgan fingerprint density at radius 1 is 1.29 bits per heavy atom. The first-order chi connectivity index (χ1) is 9.66. The number of carbonyl (C=O) groups is 1. The molecular formula is C16H19ClN2OS. The maximum absolute atomic E-state index is 12.5. The lowest BCUT2D eigenvalue weighted by Gasteiger charge is -2.06. The fraction of sp³-hybridized carbons (Fsp3) is 0.438. The Kier molecular flexibility index (Phi) is 3.05. The smallest absolute Gasteiger partial charge is 0.263 e. The third-order valence-corrected chi connectivity index (χ3v) is 6.61. The zero-order chi connectivity index (χ0) is 15.6. The molecular weight excluding hydrogens is 304 g/mol. The fourth-order valence-electron chi connectivity index (χ4n) is 3.01. The van der Waals surface area contributed by atoms with Gasteiger partial charge in [-0.05, 0) is 29.0 Å². The Morgan fingerprint density at radius 3 is 2.48 bits per heavy atom. The van der Waals surface area contributed by atoms with Gasteiger partial charge in [-0.15, -0.1) is 11.3 Å². The quantitative estimate of drug-likeness (QED) is 0.866. The first-order valence-corrected chi connectivity index (χ1v) is 8.14. The van der Waals surface area contributed by atoms with Crippen molar-refractivity contribution < 1.29 is 4.79 Å². The van der Waals surface area contributed by atoms with Gasteiger partial charge >= 0.3 is 0 Å². The summed E-state index contributed by atoms with van der Waals surface area (Å²) in [5.74, 6) is -0.0894. The van der Waals surface area contributed by atoms with Crippen LogP contribution in [0.1, 0.15) is 37.4 Å². The van der Waals surface area contributed by atoms with Crippen molar-refractivity contribution in [3.05, 3.63) is 28.1 Å². The number of rotatable bonds is 2. The number of hydrogen-bond donors (Lipinski definition) is 2. The molecule has 1 fully saturated rings. The van der Waals surface area contributed by atoms with Crippen LogP contribution in [0.5, 0.6) is 0 Å². The predicted octanol–water partition coefficient (Wildman–Crippen LogP) is 4.30. The van der Waals surface area contributed by atoms with E-state index in [1.165, 1.54) is 11.3 Å². The first kappa shape index (κ1) is 14.7. The van der Waals surface area contributed by atoms with Crippen molar-refractivity contribution in [3.63, 3.8) is 0 Å². The van der Waals surface area contributed by atoms with Gasteiger partial charge in [-0.1, -0.05) is 39.3 Å². The number of hydrogen-bond acceptors (Lipinski definition) is 3. The molecule has 0 radical (unpaired) electrons. The maximum atomic E-state index is 12.5. The number of fused-ring (bicyclic) bond motifs is 1. The molecule has 0 saturated heterocycles. The van der Waals surface area contributed by atoms with Crippen molar-refractivity contribution in [1.29, 1.82) is 0 Å². The van der Waals surface area contributed by atoms with Crippen LogP contribution in [-0.4, -0.2) is 11.9 Å². The summed E-state index contributed by atoms with van der Waals surface area (Å²) in [4.78, 5) is 13.1. The number of benzene rings is 1. The van der Waals surface area contributed by atoms with Crippen molar-refractivity contribution in [2.45, 2.75) is 33.7 Å². The number of halogens is 1. The van der Waals surface area contributed by atoms with Gasteiger partial charge in [-0.2, -0.15) is 0 Å². The number of carbonyl (C=O) groups excluding carboxylic acids is 1. The molecule has 1 aliphatic rings. The van der Waals surface area contributed by atoms with E-state index in [0.717, 1.165) is 10.1 Å². The van der Waals surface area contributed by atoms with E-state index < -0.39 is 0 Å². The molecule has 3 rings (SSSR count). The summed E-state index contributed by atoms with van der Waals surface area (Å²) < 4.78 is 0.983. The van der Waals surface area contributed by atoms with Gasteiger partial charge in [0.1, 0.15) is 4.88 Å². The summed E-state index contributed by atoms with van der Waals surface area (Å²) in [6, 6.07) is 5.70. The average molecular weight is 323 g/mol. The van der Waals surface area contributed by atoms with Gasteiger partial charge in [0.2, 0.25) is 0 Å². The second-order valence-electron chi connectivity index (χ2n) is 6.84. The molecule has 0 bridgehead atoms. The van der Waals surface area contributed by atoms with E-state index in [4.69, 9.17) is 17.3 Å². The Bertz CT molecular complexity index is 734. The Hall–Kier alpha value is -1.26. The molecule has 3 nitrogen and oxygen atoms in total. The second-order valence-corrected chi connectivity index (χ2v) is 8.32. The SMILES string of the molecule is CC1(C)C(NC(=O)c2sc3ccc(Cl)cc3c2N)C1(C)C. The van der Waals surface area contributed by atoms with Gasteiger partial charge in [-0.3, -0.25) is 4.79 Å². The molecule has 2 aromatic rings. The van der Waals surface area contributed by atoms with E-state index in [-0.39, 0.29) is 22.8 Å². The van der Waals surface area contributed by atoms with Gasteiger partial charge in [-0.25, -0.2) is 0 Å². The van der Waals surface area contributed by atoms with Crippen molar-refractivity contribution in [2.75, 3.05) is 5.73 Å². The molecule has 1 aromatic carbocycles. The number of thiophene rings is 1. The highest BCUT2D eigenvalue weighted by molar-refractivity contribution is 7.21. The summed E-state index contributed by atoms with van der Waals surface area (Å²) in [5, 5.41) is 4.61. The number of nitrogens with one attached hydrogen (secondary N) is 1. The number of anilines is 1. The predicted molar refractivity (Wildman–Crippen MR) is 90.1 cm³/mol. The van der Waals surface area contributed by atoms with Crippen LogP contribution in [-0.2, 0) is 0 Å². The molecule has 1 aliphatic carbocycles. The molecule has 112 valence electrons. The van der Waals surface area contributed by atoms with Gasteiger partial charge < -0.3 is 11.1 Å². The third kappa shape index (κ3) is 2.04. The molecule has 0 unspecified atom stereocenters. The molecule has 1 aromatic heterocycles. The van der Waals surface area contributed by atoms with Crippen LogP contribution in [0.25, 0.3) is 10.1 Å². The first-order valence-electron chi connectivity index (χ1n) is 6.94. The van der Waals surface area contributed by atoms with E-state index in [0.29, 0.717) is 15.6 Å². The number of nitrogens with two attached hydrogens (primary N) is 1. The van der Waals surface area contributed by atoms with Crippen molar-refractivity contribution in [1.82, 2.24) is 5.32 Å². The van der Waals surface area contributed by atoms with Crippen molar-refractivity contribution >= 4 is 44.6 Å². The molecule has 1 amide bonds. The minimum absolute atomic E-state index is 0.0894. The minimum Gasteiger partial charge on any atom is -0.397 e. The van der Waals surface area contributed by atoms with Gasteiger partial charge in [0.25, 0.3) is 5.91 Å². The van der Waals surface area contributed by atoms with E-state index in [1.807, 2.05) is 18.2 Å². The molecule has 1 heterocycles. The number of amides is 1. The van der Waals surface area contributed by atoms with Crippen LogP contribution in [0.15, 0.2) is 18.2 Å². The lowest BCUT2D eigenvalue weighted by Crippen LogP contribution is -2.29. The van der Waals surface area contributed by atoms with Crippen molar-refractivity contribution in [3.8, 4) is 0 Å². The molecule has 0 spiro atoms. The monoisotopic (exact) mass is 322 g/mol. The lowest BCUT2D eigenvalue weighted by molar-refractivity contribution is 0.0948. The summed E-state index contributed by atoms with van der Waals surface area (Å²) in [6.07, 6.45) is 0. The normalized spacial score (nSPS) is 19.7. The van der Waals surface area contributed by atoms with Gasteiger partial charge in [0.05, 0.1) is 5.69 Å². The largest absolute Gasteiger partial charge is 0.397 e. The lowest BCUT2D eigenvalue weighted by atomic mass is 10.0. The Morgan fingerprint density at radius 2 is 1.90 bits per heavy atom. The Balaban J connectivity index is 1.91. The van der Waals surface area contributed by atoms with Crippen LogP contribution >= 0.6 is 22.9 Å². The maximum Gasteiger partial charge on any atom is 0.263 e. The Labute approximate surface area is 133 Å². The van der Waals surface area contributed by atoms with E-state index >= 15 is 0 Å². The molecule has 0 aliphatic heterocycles. The minimum atomic E-state index is -0.0894. The molecule has 0 atom stereocenters. The summed E-state index contributed by atoms with van der Waals surface area (Å²) >= 11 is 7.41. The molecule has 1 saturated carbocycles. The van der Waals surface area contributed by atoms with Crippen molar-refractivity contribution in [2.24, 2.45) is 10.8 Å². The second kappa shape index (κ2) is 4.37. The molecule has 21 heavy (non-hydrogen) atoms. The zero-order valence-corrected chi connectivity index (χ0v) is 14.2. The van der Waals surface area contributed by atoms with Crippen LogP contribution in [0.2, 0.25) is 5.02 Å². The topological polar surface area (TPSA) is 55.1 Å². The highest BCUT2D eigenvalue weighted by atomic mass is 35.5. The molecule has 5 heteroatoms. The van der Waals surface area contributed by atoms with Crippen LogP contribution < -0.4 is 11.1 Å². The van der Waals surface area contributed by atoms with E-state index in [2.05, 4.69) is 33.0 Å². The molecule has 3 N–H and O–H groups in total. The summed E-state index contributed by atoms with van der Waals surface area (Å²) in [5.41, 5.74) is 6.87. The number of nitrogen functional groups attached to an aromatic ring is 1. The van der Waals surface area contributed by atoms with E-state index in [9.17, 15) is 4.79 Å². The zero-order valence-electron chi connectivity index (χ0n) is 12.6. The summed E-state index contributed by atoms with van der Waals surface area (Å²) in [7, 11) is 0. The van der Waals surface area contributed by atoms with Crippen LogP contribution in [0.4, 0.5) is 5.69 Å². The van der Waals surface area contributed by atoms with E-state index in [1.54, 1.807) is 0 Å². The summed E-state index contributed by atoms with van der Waals surface area (Å²) in [6.45, 7) is 8.69. The highest BCUT2D eigenvalue weighted by Gasteiger charge is 2.65. The highest BCUT2D eigenvalue weighted by Crippen LogP contribution is 2.62. The average Bonchev–Trinajstić information content (AvgIpc) is 2.69. The third-order valence-electron chi connectivity index (χ3n) is 5.19. The van der Waals surface area contributed by atoms with Crippen LogP contribution in [0.3, 0.4) is 0 Å². The van der Waals surface area contributed by atoms with Gasteiger partial charge in [0, 0.05) is 21.2 Å². The fourth-order valence-corrected chi connectivity index (χ4v) is 4.19. The van der Waals surface area contributed by atoms with Crippen LogP contribution in [0, 0.1) is 10.8 Å².